The van der Waals surface area contributed by atoms with Gasteiger partial charge in [0.25, 0.3) is 0 Å². The van der Waals surface area contributed by atoms with Crippen molar-refractivity contribution in [3.05, 3.63) is 131 Å². The second-order valence-corrected chi connectivity index (χ2v) is 12.6. The van der Waals surface area contributed by atoms with Crippen molar-refractivity contribution in [2.45, 2.75) is 34.6 Å². The monoisotopic (exact) mass is 596 g/mol. The molecule has 9 aromatic rings. The van der Waals surface area contributed by atoms with E-state index in [0.717, 1.165) is 67.1 Å². The largest absolute Gasteiger partial charge is 0.457 e. The maximum atomic E-state index is 6.62. The summed E-state index contributed by atoms with van der Waals surface area (Å²) in [6.45, 7) is 10.7. The molecule has 0 aliphatic rings. The number of rotatable bonds is 3. The van der Waals surface area contributed by atoms with Crippen LogP contribution in [-0.2, 0) is 0 Å². The third-order valence-electron chi connectivity index (χ3n) is 9.57. The quantitative estimate of drug-likeness (QED) is 0.191. The van der Waals surface area contributed by atoms with Crippen LogP contribution in [0, 0.1) is 34.6 Å². The molecular formula is C41H32N4O. The Morgan fingerprint density at radius 1 is 0.543 bits per heavy atom. The van der Waals surface area contributed by atoms with Crippen molar-refractivity contribution in [3.63, 3.8) is 0 Å². The molecule has 0 aliphatic heterocycles. The van der Waals surface area contributed by atoms with Crippen molar-refractivity contribution in [2.24, 2.45) is 0 Å². The summed E-state index contributed by atoms with van der Waals surface area (Å²) in [6, 6.07) is 34.3. The number of aryl methyl sites for hydroxylation is 5. The Bertz CT molecular complexity index is 2710. The van der Waals surface area contributed by atoms with E-state index in [1.807, 2.05) is 0 Å². The van der Waals surface area contributed by atoms with Crippen LogP contribution < -0.4 is 4.74 Å². The van der Waals surface area contributed by atoms with E-state index in [-0.39, 0.29) is 0 Å². The van der Waals surface area contributed by atoms with E-state index in [1.165, 1.54) is 38.4 Å². The number of benzene rings is 5. The fourth-order valence-electron chi connectivity index (χ4n) is 7.50. The molecule has 0 radical (unpaired) electrons. The number of hydrogen-bond donors (Lipinski definition) is 0. The SMILES string of the molecule is Cc1cc(C)c(-c2cn3c4ccccc4c4ccc(Oc5ccc6c7ccccc7n7c(C)c(C)nc7c6c5)cc4c3n2)c(C)c1. The molecular weight excluding hydrogens is 564 g/mol. The molecule has 5 aromatic carbocycles. The highest BCUT2D eigenvalue weighted by Gasteiger charge is 2.18. The Balaban J connectivity index is 1.23. The Hall–Kier alpha value is -5.68. The first-order chi connectivity index (χ1) is 22.4. The zero-order valence-electron chi connectivity index (χ0n) is 26.5. The summed E-state index contributed by atoms with van der Waals surface area (Å²) in [6.07, 6.45) is 2.18. The number of fused-ring (bicyclic) bond motifs is 12. The molecule has 0 saturated carbocycles. The van der Waals surface area contributed by atoms with Crippen molar-refractivity contribution < 1.29 is 4.74 Å². The molecule has 222 valence electrons. The van der Waals surface area contributed by atoms with Crippen LogP contribution in [0.25, 0.3) is 65.9 Å². The summed E-state index contributed by atoms with van der Waals surface area (Å²) in [5.74, 6) is 1.54. The second kappa shape index (κ2) is 9.66. The maximum Gasteiger partial charge on any atom is 0.146 e. The summed E-state index contributed by atoms with van der Waals surface area (Å²) in [4.78, 5) is 10.3. The summed E-state index contributed by atoms with van der Waals surface area (Å²) in [5.41, 5.74) is 12.3. The number of ether oxygens (including phenoxy) is 1. The van der Waals surface area contributed by atoms with Crippen molar-refractivity contribution in [3.8, 4) is 22.8 Å². The van der Waals surface area contributed by atoms with Gasteiger partial charge in [-0.1, -0.05) is 54.1 Å². The minimum atomic E-state index is 0.767. The number of hydrogen-bond acceptors (Lipinski definition) is 3. The van der Waals surface area contributed by atoms with Gasteiger partial charge in [0.2, 0.25) is 0 Å². The van der Waals surface area contributed by atoms with Gasteiger partial charge in [-0.2, -0.15) is 0 Å². The minimum absolute atomic E-state index is 0.767. The van der Waals surface area contributed by atoms with Crippen LogP contribution in [0.2, 0.25) is 0 Å². The molecule has 5 nitrogen and oxygen atoms in total. The lowest BCUT2D eigenvalue weighted by molar-refractivity contribution is 0.484. The molecule has 0 aliphatic carbocycles. The van der Waals surface area contributed by atoms with E-state index in [2.05, 4.69) is 147 Å². The Labute approximate surface area is 266 Å². The maximum absolute atomic E-state index is 6.62. The number of aromatic nitrogens is 4. The zero-order valence-corrected chi connectivity index (χ0v) is 26.5. The molecule has 4 heterocycles. The van der Waals surface area contributed by atoms with Gasteiger partial charge in [-0.25, -0.2) is 9.97 Å². The highest BCUT2D eigenvalue weighted by Crippen LogP contribution is 2.38. The first kappa shape index (κ1) is 26.7. The first-order valence-corrected chi connectivity index (χ1v) is 15.8. The van der Waals surface area contributed by atoms with E-state index in [1.54, 1.807) is 0 Å². The van der Waals surface area contributed by atoms with Gasteiger partial charge in [0.05, 0.1) is 22.4 Å². The van der Waals surface area contributed by atoms with Crippen LogP contribution in [0.1, 0.15) is 28.1 Å². The Morgan fingerprint density at radius 3 is 1.80 bits per heavy atom. The van der Waals surface area contributed by atoms with E-state index >= 15 is 0 Å². The Morgan fingerprint density at radius 2 is 1.13 bits per heavy atom. The molecule has 0 bridgehead atoms. The van der Waals surface area contributed by atoms with E-state index in [9.17, 15) is 0 Å². The summed E-state index contributed by atoms with van der Waals surface area (Å²) in [7, 11) is 0. The third kappa shape index (κ3) is 3.81. The number of imidazole rings is 2. The molecule has 5 heteroatoms. The lowest BCUT2D eigenvalue weighted by Crippen LogP contribution is -1.94. The zero-order chi connectivity index (χ0) is 31.3. The van der Waals surface area contributed by atoms with Crippen LogP contribution in [0.4, 0.5) is 0 Å². The molecule has 0 saturated heterocycles. The van der Waals surface area contributed by atoms with Gasteiger partial charge in [0.1, 0.15) is 22.8 Å². The van der Waals surface area contributed by atoms with E-state index in [0.29, 0.717) is 0 Å². The fraction of sp³-hybridized carbons (Fsp3) is 0.122. The average Bonchev–Trinajstić information content (AvgIpc) is 3.62. The highest BCUT2D eigenvalue weighted by molar-refractivity contribution is 6.13. The van der Waals surface area contributed by atoms with Gasteiger partial charge in [0.15, 0.2) is 0 Å². The summed E-state index contributed by atoms with van der Waals surface area (Å²) in [5, 5.41) is 6.83. The minimum Gasteiger partial charge on any atom is -0.457 e. The van der Waals surface area contributed by atoms with Crippen molar-refractivity contribution >= 4 is 54.6 Å². The highest BCUT2D eigenvalue weighted by atomic mass is 16.5. The molecule has 0 amide bonds. The lowest BCUT2D eigenvalue weighted by Gasteiger charge is -2.13. The van der Waals surface area contributed by atoms with Crippen molar-refractivity contribution in [1.82, 2.24) is 18.8 Å². The molecule has 4 aromatic heterocycles. The predicted molar refractivity (Wildman–Crippen MR) is 190 cm³/mol. The Kier molecular flexibility index (Phi) is 5.61. The van der Waals surface area contributed by atoms with Gasteiger partial charge in [-0.15, -0.1) is 0 Å². The van der Waals surface area contributed by atoms with E-state index in [4.69, 9.17) is 14.7 Å². The van der Waals surface area contributed by atoms with Crippen LogP contribution in [-0.4, -0.2) is 18.8 Å². The molecule has 0 unspecified atom stereocenters. The third-order valence-corrected chi connectivity index (χ3v) is 9.57. The van der Waals surface area contributed by atoms with E-state index < -0.39 is 0 Å². The van der Waals surface area contributed by atoms with Crippen LogP contribution in [0.5, 0.6) is 11.5 Å². The molecule has 0 spiro atoms. The molecule has 0 atom stereocenters. The molecule has 9 rings (SSSR count). The smallest absolute Gasteiger partial charge is 0.146 e. The summed E-state index contributed by atoms with van der Waals surface area (Å²) < 4.78 is 11.1. The molecule has 0 fully saturated rings. The lowest BCUT2D eigenvalue weighted by atomic mass is 9.98. The molecule has 46 heavy (non-hydrogen) atoms. The fourth-order valence-corrected chi connectivity index (χ4v) is 7.50. The second-order valence-electron chi connectivity index (χ2n) is 12.6. The number of pyridine rings is 2. The van der Waals surface area contributed by atoms with Crippen LogP contribution in [0.15, 0.2) is 103 Å². The number of para-hydroxylation sites is 2. The van der Waals surface area contributed by atoms with Crippen LogP contribution >= 0.6 is 0 Å². The first-order valence-electron chi connectivity index (χ1n) is 15.8. The standard InChI is InChI=1S/C41H32N4O/c1-23-18-24(2)39(25(3)19-23)36-22-44-37-12-8-6-10-32(37)30-16-14-28(20-34(30)40(44)43-36)46-29-15-17-31-33-11-7-9-13-38(33)45-27(5)26(4)42-41(45)35(31)21-29/h6-22H,1-5H3. The summed E-state index contributed by atoms with van der Waals surface area (Å²) >= 11 is 0. The van der Waals surface area contributed by atoms with Crippen molar-refractivity contribution in [1.29, 1.82) is 0 Å². The van der Waals surface area contributed by atoms with Gasteiger partial charge < -0.3 is 4.74 Å². The van der Waals surface area contributed by atoms with Crippen molar-refractivity contribution in [2.75, 3.05) is 0 Å². The molecule has 0 N–H and O–H groups in total. The van der Waals surface area contributed by atoms with Gasteiger partial charge in [-0.05, 0) is 105 Å². The van der Waals surface area contributed by atoms with Gasteiger partial charge in [-0.3, -0.25) is 8.80 Å². The average molecular weight is 597 g/mol. The van der Waals surface area contributed by atoms with Gasteiger partial charge in [0, 0.05) is 39.0 Å². The predicted octanol–water partition coefficient (Wildman–Crippen LogP) is 10.6. The normalized spacial score (nSPS) is 12.0. The van der Waals surface area contributed by atoms with Crippen LogP contribution in [0.3, 0.4) is 0 Å². The number of nitrogens with zero attached hydrogens (tertiary/aromatic N) is 4. The topological polar surface area (TPSA) is 43.8 Å². The van der Waals surface area contributed by atoms with Gasteiger partial charge >= 0.3 is 0 Å².